The zero-order valence-electron chi connectivity index (χ0n) is 12.7. The first kappa shape index (κ1) is 14.1. The van der Waals surface area contributed by atoms with E-state index in [2.05, 4.69) is 20.4 Å². The van der Waals surface area contributed by atoms with Gasteiger partial charge in [0, 0.05) is 23.0 Å². The van der Waals surface area contributed by atoms with Crippen molar-refractivity contribution >= 4 is 0 Å². The molecule has 0 amide bonds. The van der Waals surface area contributed by atoms with Crippen LogP contribution in [0.25, 0.3) is 11.4 Å². The molecule has 2 N–H and O–H groups in total. The summed E-state index contributed by atoms with van der Waals surface area (Å²) in [6.07, 6.45) is 4.53. The molecular formula is C15H22N6. The van der Waals surface area contributed by atoms with Crippen molar-refractivity contribution in [3.63, 3.8) is 0 Å². The smallest absolute Gasteiger partial charge is 0.205 e. The maximum atomic E-state index is 5.94. The highest BCUT2D eigenvalue weighted by atomic mass is 15.6. The molecule has 2 aromatic rings. The van der Waals surface area contributed by atoms with Crippen molar-refractivity contribution in [1.29, 1.82) is 0 Å². The average Bonchev–Trinajstić information content (AvgIpc) is 2.89. The van der Waals surface area contributed by atoms with Crippen molar-refractivity contribution in [2.45, 2.75) is 52.1 Å². The van der Waals surface area contributed by atoms with Gasteiger partial charge in [-0.05, 0) is 62.8 Å². The normalized spacial score (nSPS) is 22.4. The van der Waals surface area contributed by atoms with Crippen LogP contribution in [0.15, 0.2) is 12.1 Å². The van der Waals surface area contributed by atoms with E-state index >= 15 is 0 Å². The lowest BCUT2D eigenvalue weighted by Gasteiger charge is -2.25. The predicted molar refractivity (Wildman–Crippen MR) is 80.5 cm³/mol. The van der Waals surface area contributed by atoms with Crippen LogP contribution in [0.5, 0.6) is 0 Å². The van der Waals surface area contributed by atoms with E-state index in [1.165, 1.54) is 0 Å². The molecule has 2 heterocycles. The van der Waals surface area contributed by atoms with Gasteiger partial charge < -0.3 is 5.73 Å². The Morgan fingerprint density at radius 3 is 2.48 bits per heavy atom. The number of aromatic nitrogens is 5. The molecule has 1 aliphatic rings. The minimum absolute atomic E-state index is 0.378. The molecule has 0 atom stereocenters. The third-order valence-corrected chi connectivity index (χ3v) is 4.11. The summed E-state index contributed by atoms with van der Waals surface area (Å²) in [5, 5.41) is 12.9. The van der Waals surface area contributed by atoms with Gasteiger partial charge in [-0.25, -0.2) is 0 Å². The summed E-state index contributed by atoms with van der Waals surface area (Å²) < 4.78 is 0. The van der Waals surface area contributed by atoms with Gasteiger partial charge in [0.15, 0.2) is 0 Å². The number of hydrogen-bond donors (Lipinski definition) is 1. The Hall–Kier alpha value is -1.82. The van der Waals surface area contributed by atoms with Crippen LogP contribution in [-0.2, 0) is 6.54 Å². The molecule has 1 fully saturated rings. The van der Waals surface area contributed by atoms with Gasteiger partial charge in [-0.15, -0.1) is 10.2 Å². The molecule has 0 saturated heterocycles. The molecule has 2 aromatic heterocycles. The summed E-state index contributed by atoms with van der Waals surface area (Å²) >= 11 is 0. The minimum atomic E-state index is 0.378. The summed E-state index contributed by atoms with van der Waals surface area (Å²) in [5.41, 5.74) is 8.87. The van der Waals surface area contributed by atoms with Gasteiger partial charge in [-0.2, -0.15) is 4.80 Å². The van der Waals surface area contributed by atoms with E-state index < -0.39 is 0 Å². The first-order chi connectivity index (χ1) is 10.1. The Labute approximate surface area is 124 Å². The van der Waals surface area contributed by atoms with E-state index in [1.807, 2.05) is 26.0 Å². The predicted octanol–water partition coefficient (Wildman–Crippen LogP) is 1.87. The third-order valence-electron chi connectivity index (χ3n) is 4.11. The van der Waals surface area contributed by atoms with Crippen LogP contribution in [0.2, 0.25) is 0 Å². The molecule has 3 rings (SSSR count). The highest BCUT2D eigenvalue weighted by Gasteiger charge is 2.20. The molecule has 0 radical (unpaired) electrons. The van der Waals surface area contributed by atoms with E-state index in [0.717, 1.165) is 49.2 Å². The standard InChI is InChI=1S/C15H22N6/c1-10-7-13(8-11(2)17-10)15-18-20-21(19-15)9-12-3-5-14(16)6-4-12/h7-8,12,14H,3-6,9,16H2,1-2H3. The fourth-order valence-corrected chi connectivity index (χ4v) is 3.00. The SMILES string of the molecule is Cc1cc(-c2nnn(CC3CCC(N)CC3)n2)cc(C)n1. The number of nitrogens with zero attached hydrogens (tertiary/aromatic N) is 5. The third kappa shape index (κ3) is 3.44. The molecule has 6 nitrogen and oxygen atoms in total. The monoisotopic (exact) mass is 286 g/mol. The van der Waals surface area contributed by atoms with Gasteiger partial charge >= 0.3 is 0 Å². The van der Waals surface area contributed by atoms with E-state index in [4.69, 9.17) is 5.73 Å². The molecule has 1 aliphatic carbocycles. The number of nitrogens with two attached hydrogens (primary N) is 1. The van der Waals surface area contributed by atoms with Crippen molar-refractivity contribution < 1.29 is 0 Å². The lowest BCUT2D eigenvalue weighted by atomic mass is 9.86. The number of rotatable bonds is 3. The first-order valence-corrected chi connectivity index (χ1v) is 7.59. The van der Waals surface area contributed by atoms with Crippen LogP contribution in [0.4, 0.5) is 0 Å². The van der Waals surface area contributed by atoms with Crippen LogP contribution < -0.4 is 5.73 Å². The molecule has 0 spiro atoms. The van der Waals surface area contributed by atoms with Crippen molar-refractivity contribution in [2.24, 2.45) is 11.7 Å². The molecule has 21 heavy (non-hydrogen) atoms. The fourth-order valence-electron chi connectivity index (χ4n) is 3.00. The molecule has 0 aliphatic heterocycles. The Bertz CT molecular complexity index is 592. The van der Waals surface area contributed by atoms with Crippen molar-refractivity contribution in [1.82, 2.24) is 25.2 Å². The summed E-state index contributed by atoms with van der Waals surface area (Å²) in [6.45, 7) is 4.79. The highest BCUT2D eigenvalue weighted by Crippen LogP contribution is 2.24. The summed E-state index contributed by atoms with van der Waals surface area (Å²) in [6, 6.07) is 4.37. The molecule has 0 bridgehead atoms. The van der Waals surface area contributed by atoms with Crippen LogP contribution in [-0.4, -0.2) is 31.2 Å². The van der Waals surface area contributed by atoms with Gasteiger partial charge in [-0.3, -0.25) is 4.98 Å². The summed E-state index contributed by atoms with van der Waals surface area (Å²) in [7, 11) is 0. The number of tetrazole rings is 1. The van der Waals surface area contributed by atoms with Gasteiger partial charge in [0.05, 0.1) is 6.54 Å². The number of aryl methyl sites for hydroxylation is 2. The Kier molecular flexibility index (Phi) is 3.96. The summed E-state index contributed by atoms with van der Waals surface area (Å²) in [5.74, 6) is 1.30. The Morgan fingerprint density at radius 1 is 1.14 bits per heavy atom. The first-order valence-electron chi connectivity index (χ1n) is 7.59. The van der Waals surface area contributed by atoms with E-state index in [1.54, 1.807) is 4.80 Å². The number of pyridine rings is 1. The van der Waals surface area contributed by atoms with Crippen molar-refractivity contribution in [2.75, 3.05) is 0 Å². The molecule has 112 valence electrons. The maximum Gasteiger partial charge on any atom is 0.205 e. The second-order valence-electron chi connectivity index (χ2n) is 6.09. The molecular weight excluding hydrogens is 264 g/mol. The van der Waals surface area contributed by atoms with Gasteiger partial charge in [-0.1, -0.05) is 0 Å². The maximum absolute atomic E-state index is 5.94. The van der Waals surface area contributed by atoms with E-state index in [-0.39, 0.29) is 0 Å². The van der Waals surface area contributed by atoms with Gasteiger partial charge in [0.1, 0.15) is 0 Å². The average molecular weight is 286 g/mol. The van der Waals surface area contributed by atoms with Crippen LogP contribution >= 0.6 is 0 Å². The van der Waals surface area contributed by atoms with Crippen LogP contribution in [0.1, 0.15) is 37.1 Å². The van der Waals surface area contributed by atoms with Crippen molar-refractivity contribution in [3.8, 4) is 11.4 Å². The topological polar surface area (TPSA) is 82.5 Å². The zero-order valence-corrected chi connectivity index (χ0v) is 12.7. The second kappa shape index (κ2) is 5.89. The molecule has 1 saturated carbocycles. The minimum Gasteiger partial charge on any atom is -0.328 e. The molecule has 0 aromatic carbocycles. The largest absolute Gasteiger partial charge is 0.328 e. The lowest BCUT2D eigenvalue weighted by molar-refractivity contribution is 0.272. The van der Waals surface area contributed by atoms with Gasteiger partial charge in [0.25, 0.3) is 0 Å². The van der Waals surface area contributed by atoms with E-state index in [9.17, 15) is 0 Å². The summed E-state index contributed by atoms with van der Waals surface area (Å²) in [4.78, 5) is 6.10. The highest BCUT2D eigenvalue weighted by molar-refractivity contribution is 5.54. The Morgan fingerprint density at radius 2 is 1.81 bits per heavy atom. The second-order valence-corrected chi connectivity index (χ2v) is 6.09. The van der Waals surface area contributed by atoms with Crippen LogP contribution in [0, 0.1) is 19.8 Å². The molecule has 0 unspecified atom stereocenters. The quantitative estimate of drug-likeness (QED) is 0.931. The molecule has 6 heteroatoms. The lowest BCUT2D eigenvalue weighted by Crippen LogP contribution is -2.28. The van der Waals surface area contributed by atoms with Crippen LogP contribution in [0.3, 0.4) is 0 Å². The van der Waals surface area contributed by atoms with E-state index in [0.29, 0.717) is 17.8 Å². The fraction of sp³-hybridized carbons (Fsp3) is 0.600. The van der Waals surface area contributed by atoms with Crippen molar-refractivity contribution in [3.05, 3.63) is 23.5 Å². The number of hydrogen-bond acceptors (Lipinski definition) is 5. The Balaban J connectivity index is 1.71. The van der Waals surface area contributed by atoms with Gasteiger partial charge in [0.2, 0.25) is 5.82 Å². The zero-order chi connectivity index (χ0) is 14.8.